The molecule has 1 unspecified atom stereocenters. The van der Waals surface area contributed by atoms with Crippen LogP contribution >= 0.6 is 0 Å². The van der Waals surface area contributed by atoms with Crippen LogP contribution in [0.25, 0.3) is 0 Å². The van der Waals surface area contributed by atoms with E-state index in [0.717, 1.165) is 11.3 Å². The highest BCUT2D eigenvalue weighted by atomic mass is 16.5. The van der Waals surface area contributed by atoms with Crippen LogP contribution in [-0.2, 0) is 16.1 Å². The second kappa shape index (κ2) is 7.76. The van der Waals surface area contributed by atoms with Crippen LogP contribution in [0.1, 0.15) is 12.5 Å². The van der Waals surface area contributed by atoms with Crippen molar-refractivity contribution < 1.29 is 9.53 Å². The molecule has 1 aromatic carbocycles. The predicted molar refractivity (Wildman–Crippen MR) is 76.7 cm³/mol. The number of ether oxygens (including phenoxy) is 1. The number of anilines is 1. The van der Waals surface area contributed by atoms with Crippen LogP contribution in [0.5, 0.6) is 0 Å². The van der Waals surface area contributed by atoms with Crippen molar-refractivity contribution in [1.29, 1.82) is 0 Å². The van der Waals surface area contributed by atoms with Gasteiger partial charge < -0.3 is 15.8 Å². The molecule has 0 aliphatic carbocycles. The Morgan fingerprint density at radius 2 is 2.26 bits per heavy atom. The first-order valence-electron chi connectivity index (χ1n) is 6.36. The van der Waals surface area contributed by atoms with Crippen molar-refractivity contribution >= 4 is 11.6 Å². The van der Waals surface area contributed by atoms with Gasteiger partial charge in [-0.15, -0.1) is 0 Å². The van der Waals surface area contributed by atoms with Crippen LogP contribution in [0.4, 0.5) is 5.69 Å². The third kappa shape index (κ3) is 5.28. The number of rotatable bonds is 7. The molecule has 1 amide bonds. The molecule has 0 bridgehead atoms. The fourth-order valence-electron chi connectivity index (χ4n) is 1.74. The molecule has 0 aromatic heterocycles. The highest BCUT2D eigenvalue weighted by molar-refractivity contribution is 5.81. The number of nitrogens with one attached hydrogen (secondary N) is 1. The average molecular weight is 265 g/mol. The zero-order valence-corrected chi connectivity index (χ0v) is 11.8. The molecule has 1 aromatic rings. The molecular weight excluding hydrogens is 242 g/mol. The van der Waals surface area contributed by atoms with Crippen LogP contribution < -0.4 is 11.1 Å². The van der Waals surface area contributed by atoms with Crippen molar-refractivity contribution in [3.63, 3.8) is 0 Å². The van der Waals surface area contributed by atoms with E-state index >= 15 is 0 Å². The number of hydrogen-bond acceptors (Lipinski definition) is 4. The normalized spacial score (nSPS) is 12.4. The summed E-state index contributed by atoms with van der Waals surface area (Å²) in [7, 11) is 3.53. The van der Waals surface area contributed by atoms with E-state index in [1.807, 2.05) is 43.1 Å². The SMILES string of the molecule is COCCNC(=O)C(C)N(C)Cc1cccc(N)c1. The van der Waals surface area contributed by atoms with Crippen molar-refractivity contribution in [2.24, 2.45) is 0 Å². The minimum absolute atomic E-state index is 0.00320. The minimum Gasteiger partial charge on any atom is -0.399 e. The predicted octanol–water partition coefficient (Wildman–Crippen LogP) is 0.852. The van der Waals surface area contributed by atoms with Gasteiger partial charge in [-0.05, 0) is 31.7 Å². The second-order valence-corrected chi connectivity index (χ2v) is 4.62. The van der Waals surface area contributed by atoms with Crippen LogP contribution in [0.3, 0.4) is 0 Å². The van der Waals surface area contributed by atoms with E-state index in [0.29, 0.717) is 19.7 Å². The standard InChI is InChI=1S/C14H23N3O2/c1-11(14(18)16-7-8-19-3)17(2)10-12-5-4-6-13(15)9-12/h4-6,9,11H,7-8,10,15H2,1-3H3,(H,16,18). The minimum atomic E-state index is -0.196. The Hall–Kier alpha value is -1.59. The lowest BCUT2D eigenvalue weighted by molar-refractivity contribution is -0.125. The molecule has 0 heterocycles. The molecule has 0 aliphatic rings. The van der Waals surface area contributed by atoms with Gasteiger partial charge in [-0.1, -0.05) is 12.1 Å². The summed E-state index contributed by atoms with van der Waals surface area (Å²) >= 11 is 0. The van der Waals surface area contributed by atoms with Gasteiger partial charge in [-0.25, -0.2) is 0 Å². The van der Waals surface area contributed by atoms with Gasteiger partial charge in [0.25, 0.3) is 0 Å². The van der Waals surface area contributed by atoms with Gasteiger partial charge in [0, 0.05) is 25.9 Å². The molecule has 1 rings (SSSR count). The summed E-state index contributed by atoms with van der Waals surface area (Å²) in [6.07, 6.45) is 0. The average Bonchev–Trinajstić information content (AvgIpc) is 2.38. The summed E-state index contributed by atoms with van der Waals surface area (Å²) in [5.74, 6) is 0.00320. The van der Waals surface area contributed by atoms with Gasteiger partial charge in [-0.3, -0.25) is 9.69 Å². The first kappa shape index (κ1) is 15.5. The van der Waals surface area contributed by atoms with Crippen molar-refractivity contribution in [3.05, 3.63) is 29.8 Å². The number of likely N-dealkylation sites (N-methyl/N-ethyl adjacent to an activating group) is 1. The zero-order chi connectivity index (χ0) is 14.3. The summed E-state index contributed by atoms with van der Waals surface area (Å²) in [6, 6.07) is 7.50. The Morgan fingerprint density at radius 3 is 2.89 bits per heavy atom. The number of carbonyl (C=O) groups is 1. The number of methoxy groups -OCH3 is 1. The van der Waals surface area contributed by atoms with Crippen molar-refractivity contribution in [1.82, 2.24) is 10.2 Å². The highest BCUT2D eigenvalue weighted by Gasteiger charge is 2.17. The molecule has 5 heteroatoms. The van der Waals surface area contributed by atoms with E-state index in [-0.39, 0.29) is 11.9 Å². The van der Waals surface area contributed by atoms with E-state index in [4.69, 9.17) is 10.5 Å². The summed E-state index contributed by atoms with van der Waals surface area (Å²) in [6.45, 7) is 3.63. The van der Waals surface area contributed by atoms with Gasteiger partial charge in [-0.2, -0.15) is 0 Å². The lowest BCUT2D eigenvalue weighted by atomic mass is 10.1. The Labute approximate surface area is 114 Å². The molecule has 5 nitrogen and oxygen atoms in total. The Morgan fingerprint density at radius 1 is 1.53 bits per heavy atom. The number of nitrogens with two attached hydrogens (primary N) is 1. The number of amides is 1. The van der Waals surface area contributed by atoms with Crippen LogP contribution in [0.15, 0.2) is 24.3 Å². The van der Waals surface area contributed by atoms with Crippen LogP contribution in [0, 0.1) is 0 Å². The number of nitrogen functional groups attached to an aromatic ring is 1. The van der Waals surface area contributed by atoms with Gasteiger partial charge in [0.2, 0.25) is 5.91 Å². The summed E-state index contributed by atoms with van der Waals surface area (Å²) < 4.78 is 4.90. The first-order chi connectivity index (χ1) is 9.04. The number of hydrogen-bond donors (Lipinski definition) is 2. The monoisotopic (exact) mass is 265 g/mol. The fourth-order valence-corrected chi connectivity index (χ4v) is 1.74. The summed E-state index contributed by atoms with van der Waals surface area (Å²) in [4.78, 5) is 13.9. The van der Waals surface area contributed by atoms with Gasteiger partial charge in [0.05, 0.1) is 12.6 Å². The van der Waals surface area contributed by atoms with E-state index in [9.17, 15) is 4.79 Å². The van der Waals surface area contributed by atoms with Crippen LogP contribution in [-0.4, -0.2) is 44.2 Å². The molecule has 0 saturated heterocycles. The molecule has 1 atom stereocenters. The van der Waals surface area contributed by atoms with Gasteiger partial charge in [0.1, 0.15) is 0 Å². The van der Waals surface area contributed by atoms with E-state index < -0.39 is 0 Å². The molecular formula is C14H23N3O2. The molecule has 106 valence electrons. The number of nitrogens with zero attached hydrogens (tertiary/aromatic N) is 1. The quantitative estimate of drug-likeness (QED) is 0.566. The Bertz CT molecular complexity index is 409. The second-order valence-electron chi connectivity index (χ2n) is 4.62. The fraction of sp³-hybridized carbons (Fsp3) is 0.500. The van der Waals surface area contributed by atoms with Crippen molar-refractivity contribution in [3.8, 4) is 0 Å². The van der Waals surface area contributed by atoms with Crippen LogP contribution in [0.2, 0.25) is 0 Å². The third-order valence-corrected chi connectivity index (χ3v) is 3.03. The number of carbonyl (C=O) groups excluding carboxylic acids is 1. The van der Waals surface area contributed by atoms with Crippen molar-refractivity contribution in [2.45, 2.75) is 19.5 Å². The maximum Gasteiger partial charge on any atom is 0.237 e. The van der Waals surface area contributed by atoms with Gasteiger partial charge in [0.15, 0.2) is 0 Å². The highest BCUT2D eigenvalue weighted by Crippen LogP contribution is 2.10. The number of benzene rings is 1. The smallest absolute Gasteiger partial charge is 0.237 e. The molecule has 3 N–H and O–H groups in total. The van der Waals surface area contributed by atoms with Crippen molar-refractivity contribution in [2.75, 3.05) is 33.0 Å². The molecule has 0 spiro atoms. The maximum atomic E-state index is 11.9. The topological polar surface area (TPSA) is 67.6 Å². The first-order valence-corrected chi connectivity index (χ1v) is 6.36. The molecule has 19 heavy (non-hydrogen) atoms. The largest absolute Gasteiger partial charge is 0.399 e. The Kier molecular flexibility index (Phi) is 6.32. The molecule has 0 radical (unpaired) electrons. The molecule has 0 aliphatic heterocycles. The maximum absolute atomic E-state index is 11.9. The van der Waals surface area contributed by atoms with E-state index in [1.54, 1.807) is 7.11 Å². The molecule has 0 saturated carbocycles. The molecule has 0 fully saturated rings. The summed E-state index contributed by atoms with van der Waals surface area (Å²) in [5, 5.41) is 2.83. The lowest BCUT2D eigenvalue weighted by Crippen LogP contribution is -2.43. The summed E-state index contributed by atoms with van der Waals surface area (Å²) in [5.41, 5.74) is 7.57. The zero-order valence-electron chi connectivity index (χ0n) is 11.8. The Balaban J connectivity index is 2.47. The van der Waals surface area contributed by atoms with E-state index in [1.165, 1.54) is 0 Å². The van der Waals surface area contributed by atoms with Gasteiger partial charge >= 0.3 is 0 Å². The lowest BCUT2D eigenvalue weighted by Gasteiger charge is -2.24. The third-order valence-electron chi connectivity index (χ3n) is 3.03. The van der Waals surface area contributed by atoms with E-state index in [2.05, 4.69) is 5.32 Å².